The monoisotopic (exact) mass is 400 g/mol. The van der Waals surface area contributed by atoms with E-state index in [1.54, 1.807) is 18.5 Å². The molecule has 2 N–H and O–H groups in total. The first-order valence-corrected chi connectivity index (χ1v) is 10.0. The fourth-order valence-electron chi connectivity index (χ4n) is 4.21. The van der Waals surface area contributed by atoms with E-state index in [4.69, 9.17) is 9.62 Å². The molecule has 0 unspecified atom stereocenters. The van der Waals surface area contributed by atoms with Gasteiger partial charge in [0, 0.05) is 23.5 Å². The summed E-state index contributed by atoms with van der Waals surface area (Å²) in [4.78, 5) is 15.3. The summed E-state index contributed by atoms with van der Waals surface area (Å²) >= 11 is 0. The highest BCUT2D eigenvalue weighted by Crippen LogP contribution is 2.36. The zero-order valence-corrected chi connectivity index (χ0v) is 16.2. The van der Waals surface area contributed by atoms with Crippen LogP contribution >= 0.6 is 0 Å². The van der Waals surface area contributed by atoms with Crippen LogP contribution in [-0.2, 0) is 0 Å². The smallest absolute Gasteiger partial charge is 0.261 e. The SMILES string of the molecule is N#C[C@H]1CCCC[C@@H]1n1nc(Nc2ccc(-c3ccno3)cc2)c2c(=O)[nH]ccc21. The standard InChI is InChI=1S/C22H20N6O2/c23-13-15-3-1-2-4-17(15)28-18-9-11-24-22(29)20(18)21(27-28)26-16-7-5-14(6-8-16)19-10-12-25-30-19/h5-12,15,17H,1-4H2,(H,24,29)(H,26,27)/t15-,17+/m1/s1. The first kappa shape index (κ1) is 18.2. The van der Waals surface area contributed by atoms with Gasteiger partial charge in [-0.25, -0.2) is 0 Å². The lowest BCUT2D eigenvalue weighted by Crippen LogP contribution is -2.23. The highest BCUT2D eigenvalue weighted by molar-refractivity contribution is 5.91. The van der Waals surface area contributed by atoms with Crippen molar-refractivity contribution in [3.63, 3.8) is 0 Å². The fraction of sp³-hybridized carbons (Fsp3) is 0.273. The summed E-state index contributed by atoms with van der Waals surface area (Å²) in [7, 11) is 0. The van der Waals surface area contributed by atoms with Crippen molar-refractivity contribution in [2.75, 3.05) is 5.32 Å². The minimum absolute atomic E-state index is 0.0302. The molecular weight excluding hydrogens is 380 g/mol. The largest absolute Gasteiger partial charge is 0.356 e. The average Bonchev–Trinajstić information content (AvgIpc) is 3.44. The van der Waals surface area contributed by atoms with Crippen molar-refractivity contribution in [2.45, 2.75) is 31.7 Å². The number of nitriles is 1. The first-order chi connectivity index (χ1) is 14.7. The van der Waals surface area contributed by atoms with Gasteiger partial charge in [0.1, 0.15) is 5.39 Å². The van der Waals surface area contributed by atoms with Crippen molar-refractivity contribution in [2.24, 2.45) is 5.92 Å². The molecule has 1 aromatic carbocycles. The van der Waals surface area contributed by atoms with E-state index in [1.165, 1.54) is 0 Å². The predicted octanol–water partition coefficient (Wildman–Crippen LogP) is 4.38. The van der Waals surface area contributed by atoms with E-state index in [1.807, 2.05) is 35.0 Å². The zero-order valence-electron chi connectivity index (χ0n) is 16.2. The second kappa shape index (κ2) is 7.52. The molecule has 30 heavy (non-hydrogen) atoms. The molecule has 0 amide bonds. The van der Waals surface area contributed by atoms with Gasteiger partial charge in [-0.2, -0.15) is 10.4 Å². The molecule has 3 aromatic heterocycles. The van der Waals surface area contributed by atoms with Crippen LogP contribution in [0.1, 0.15) is 31.7 Å². The number of aromatic nitrogens is 4. The third-order valence-corrected chi connectivity index (χ3v) is 5.71. The third kappa shape index (κ3) is 3.14. The summed E-state index contributed by atoms with van der Waals surface area (Å²) < 4.78 is 7.05. The second-order valence-corrected chi connectivity index (χ2v) is 7.53. The molecule has 2 atom stereocenters. The number of nitrogens with zero attached hydrogens (tertiary/aromatic N) is 4. The number of rotatable bonds is 4. The van der Waals surface area contributed by atoms with Crippen LogP contribution in [0.15, 0.2) is 58.1 Å². The number of anilines is 2. The molecule has 0 aliphatic heterocycles. The molecule has 0 saturated heterocycles. The van der Waals surface area contributed by atoms with E-state index in [0.29, 0.717) is 17.0 Å². The maximum absolute atomic E-state index is 12.6. The van der Waals surface area contributed by atoms with Gasteiger partial charge < -0.3 is 14.8 Å². The highest BCUT2D eigenvalue weighted by atomic mass is 16.5. The van der Waals surface area contributed by atoms with Crippen molar-refractivity contribution < 1.29 is 4.52 Å². The van der Waals surface area contributed by atoms with Crippen LogP contribution < -0.4 is 10.9 Å². The van der Waals surface area contributed by atoms with Crippen LogP contribution in [-0.4, -0.2) is 19.9 Å². The number of hydrogen-bond acceptors (Lipinski definition) is 6. The van der Waals surface area contributed by atoms with Gasteiger partial charge in [0.25, 0.3) is 5.56 Å². The van der Waals surface area contributed by atoms with Gasteiger partial charge in [0.05, 0.1) is 29.7 Å². The van der Waals surface area contributed by atoms with Gasteiger partial charge in [0.2, 0.25) is 0 Å². The predicted molar refractivity (Wildman–Crippen MR) is 112 cm³/mol. The Balaban J connectivity index is 1.53. The van der Waals surface area contributed by atoms with Gasteiger partial charge in [-0.3, -0.25) is 9.48 Å². The van der Waals surface area contributed by atoms with Crippen molar-refractivity contribution in [1.82, 2.24) is 19.9 Å². The Kier molecular flexibility index (Phi) is 4.56. The van der Waals surface area contributed by atoms with Crippen molar-refractivity contribution in [3.05, 3.63) is 59.1 Å². The summed E-state index contributed by atoms with van der Waals surface area (Å²) in [6, 6.07) is 13.7. The highest BCUT2D eigenvalue weighted by Gasteiger charge is 2.29. The average molecular weight is 400 g/mol. The van der Waals surface area contributed by atoms with E-state index in [0.717, 1.165) is 42.5 Å². The molecule has 5 rings (SSSR count). The lowest BCUT2D eigenvalue weighted by atomic mass is 9.85. The minimum atomic E-state index is -0.205. The molecule has 8 nitrogen and oxygen atoms in total. The van der Waals surface area contributed by atoms with Gasteiger partial charge in [-0.15, -0.1) is 0 Å². The maximum Gasteiger partial charge on any atom is 0.261 e. The molecule has 0 radical (unpaired) electrons. The van der Waals surface area contributed by atoms with Crippen molar-refractivity contribution in [3.8, 4) is 17.4 Å². The van der Waals surface area contributed by atoms with Crippen LogP contribution in [0.2, 0.25) is 0 Å². The van der Waals surface area contributed by atoms with Crippen LogP contribution in [0.5, 0.6) is 0 Å². The number of H-pyrrole nitrogens is 1. The van der Waals surface area contributed by atoms with Gasteiger partial charge >= 0.3 is 0 Å². The molecule has 1 fully saturated rings. The normalized spacial score (nSPS) is 18.9. The van der Waals surface area contributed by atoms with E-state index < -0.39 is 0 Å². The van der Waals surface area contributed by atoms with Crippen LogP contribution in [0.25, 0.3) is 22.2 Å². The van der Waals surface area contributed by atoms with Crippen LogP contribution in [0, 0.1) is 17.2 Å². The topological polar surface area (TPSA) is 113 Å². The van der Waals surface area contributed by atoms with Gasteiger partial charge in [0.15, 0.2) is 11.6 Å². The van der Waals surface area contributed by atoms with Gasteiger partial charge in [-0.05, 0) is 43.2 Å². The Labute approximate surface area is 172 Å². The molecular formula is C22H20N6O2. The second-order valence-electron chi connectivity index (χ2n) is 7.53. The van der Waals surface area contributed by atoms with Gasteiger partial charge in [-0.1, -0.05) is 18.0 Å². The number of aromatic amines is 1. The molecule has 150 valence electrons. The minimum Gasteiger partial charge on any atom is -0.356 e. The lowest BCUT2D eigenvalue weighted by Gasteiger charge is -2.27. The number of nitrogens with one attached hydrogen (secondary N) is 2. The summed E-state index contributed by atoms with van der Waals surface area (Å²) in [5, 5.41) is 21.9. The molecule has 3 heterocycles. The Morgan fingerprint density at radius 3 is 2.77 bits per heavy atom. The Hall–Kier alpha value is -3.86. The zero-order chi connectivity index (χ0) is 20.5. The number of hydrogen-bond donors (Lipinski definition) is 2. The van der Waals surface area contributed by atoms with E-state index in [-0.39, 0.29) is 17.5 Å². The number of pyridine rings is 1. The number of benzene rings is 1. The van der Waals surface area contributed by atoms with E-state index >= 15 is 0 Å². The quantitative estimate of drug-likeness (QED) is 0.526. The molecule has 1 aliphatic rings. The fourth-order valence-corrected chi connectivity index (χ4v) is 4.21. The van der Waals surface area contributed by atoms with E-state index in [9.17, 15) is 10.1 Å². The van der Waals surface area contributed by atoms with E-state index in [2.05, 4.69) is 21.5 Å². The molecule has 4 aromatic rings. The molecule has 1 saturated carbocycles. The molecule has 0 bridgehead atoms. The first-order valence-electron chi connectivity index (χ1n) is 10.0. The van der Waals surface area contributed by atoms with Crippen LogP contribution in [0.3, 0.4) is 0 Å². The maximum atomic E-state index is 12.6. The Morgan fingerprint density at radius 1 is 1.17 bits per heavy atom. The third-order valence-electron chi connectivity index (χ3n) is 5.71. The molecule has 1 aliphatic carbocycles. The summed E-state index contributed by atoms with van der Waals surface area (Å²) in [5.74, 6) is 1.07. The van der Waals surface area contributed by atoms with Crippen molar-refractivity contribution in [1.29, 1.82) is 5.26 Å². The summed E-state index contributed by atoms with van der Waals surface area (Å²) in [6.07, 6.45) is 7.08. The Bertz CT molecular complexity index is 1260. The summed E-state index contributed by atoms with van der Waals surface area (Å²) in [5.41, 5.74) is 2.24. The lowest BCUT2D eigenvalue weighted by molar-refractivity contribution is 0.277. The molecule has 0 spiro atoms. The molecule has 8 heteroatoms. The van der Waals surface area contributed by atoms with Crippen molar-refractivity contribution >= 4 is 22.4 Å². The summed E-state index contributed by atoms with van der Waals surface area (Å²) in [6.45, 7) is 0. The number of fused-ring (bicyclic) bond motifs is 1. The van der Waals surface area contributed by atoms with Crippen LogP contribution in [0.4, 0.5) is 11.5 Å². The Morgan fingerprint density at radius 2 is 2.00 bits per heavy atom.